The summed E-state index contributed by atoms with van der Waals surface area (Å²) in [6, 6.07) is 4.75. The molecule has 1 amide bonds. The summed E-state index contributed by atoms with van der Waals surface area (Å²) in [4.78, 5) is 28.5. The molecule has 0 fully saturated rings. The smallest absolute Gasteiger partial charge is 0.256 e. The van der Waals surface area contributed by atoms with Crippen LogP contribution in [0.15, 0.2) is 35.4 Å². The molecule has 1 atom stereocenters. The van der Waals surface area contributed by atoms with E-state index in [2.05, 4.69) is 10.00 Å². The van der Waals surface area contributed by atoms with E-state index in [1.807, 2.05) is 25.0 Å². The largest absolute Gasteiger partial charge is 0.378 e. The molecule has 0 spiro atoms. The van der Waals surface area contributed by atoms with Gasteiger partial charge in [-0.15, -0.1) is 0 Å². The van der Waals surface area contributed by atoms with Gasteiger partial charge in [0.15, 0.2) is 5.60 Å². The molecular weight excluding hydrogens is 334 g/mol. The van der Waals surface area contributed by atoms with E-state index in [0.29, 0.717) is 19.6 Å². The number of rotatable bonds is 5. The molecule has 26 heavy (non-hydrogen) atoms. The van der Waals surface area contributed by atoms with Gasteiger partial charge in [-0.05, 0) is 27.1 Å². The molecule has 3 heterocycles. The molecule has 1 aliphatic heterocycles. The minimum Gasteiger partial charge on any atom is -0.378 e. The number of carbonyl (C=O) groups excluding carboxylic acids is 1. The Bertz CT molecular complexity index is 853. The first-order chi connectivity index (χ1) is 12.3. The number of hydrogen-bond donors (Lipinski definition) is 1. The lowest BCUT2D eigenvalue weighted by Gasteiger charge is -2.34. The van der Waals surface area contributed by atoms with E-state index in [1.165, 1.54) is 17.6 Å². The van der Waals surface area contributed by atoms with Crippen LogP contribution in [0.4, 0.5) is 0 Å². The van der Waals surface area contributed by atoms with E-state index in [9.17, 15) is 14.7 Å². The topological polar surface area (TPSA) is 83.6 Å². The molecule has 0 radical (unpaired) electrons. The van der Waals surface area contributed by atoms with Crippen molar-refractivity contribution in [3.63, 3.8) is 0 Å². The highest BCUT2D eigenvalue weighted by atomic mass is 16.3. The van der Waals surface area contributed by atoms with Gasteiger partial charge in [-0.3, -0.25) is 14.3 Å². The van der Waals surface area contributed by atoms with E-state index in [1.54, 1.807) is 23.2 Å². The Morgan fingerprint density at radius 2 is 2.12 bits per heavy atom. The standard InChI is InChI=1S/C18H25N5O3/c1-18(26,13-22-7-5-4-6-16(22)24)17(25)21-8-9-23-15(12-21)14(10-19-23)11-20(2)3/h4-7,10,26H,8-9,11-13H2,1-3H3. The molecule has 0 aliphatic carbocycles. The van der Waals surface area contributed by atoms with Crippen molar-refractivity contribution in [2.75, 3.05) is 20.6 Å². The van der Waals surface area contributed by atoms with Gasteiger partial charge in [-0.1, -0.05) is 6.07 Å². The van der Waals surface area contributed by atoms with Crippen LogP contribution < -0.4 is 5.56 Å². The molecule has 3 rings (SSSR count). The summed E-state index contributed by atoms with van der Waals surface area (Å²) in [6.07, 6.45) is 3.41. The lowest BCUT2D eigenvalue weighted by Crippen LogP contribution is -2.52. The lowest BCUT2D eigenvalue weighted by atomic mass is 10.0. The highest BCUT2D eigenvalue weighted by Gasteiger charge is 2.37. The second-order valence-electron chi connectivity index (χ2n) is 7.24. The van der Waals surface area contributed by atoms with Crippen molar-refractivity contribution in [3.05, 3.63) is 52.2 Å². The van der Waals surface area contributed by atoms with E-state index < -0.39 is 5.60 Å². The summed E-state index contributed by atoms with van der Waals surface area (Å²) in [5.74, 6) is -0.378. The van der Waals surface area contributed by atoms with Crippen LogP contribution in [-0.4, -0.2) is 61.4 Å². The maximum Gasteiger partial charge on any atom is 0.256 e. The normalized spacial score (nSPS) is 16.4. The van der Waals surface area contributed by atoms with Crippen LogP contribution in [-0.2, 0) is 31.0 Å². The summed E-state index contributed by atoms with van der Waals surface area (Å²) in [5.41, 5.74) is 0.165. The number of hydrogen-bond acceptors (Lipinski definition) is 5. The Labute approximate surface area is 152 Å². The molecular formula is C18H25N5O3. The fourth-order valence-electron chi connectivity index (χ4n) is 3.28. The van der Waals surface area contributed by atoms with E-state index in [0.717, 1.165) is 17.8 Å². The maximum absolute atomic E-state index is 12.9. The highest BCUT2D eigenvalue weighted by Crippen LogP contribution is 2.21. The summed E-state index contributed by atoms with van der Waals surface area (Å²) < 4.78 is 3.27. The minimum atomic E-state index is -1.66. The quantitative estimate of drug-likeness (QED) is 0.806. The SMILES string of the molecule is CN(C)Cc1cnn2c1CN(C(=O)C(C)(O)Cn1ccccc1=O)CC2. The summed E-state index contributed by atoms with van der Waals surface area (Å²) >= 11 is 0. The molecule has 140 valence electrons. The maximum atomic E-state index is 12.9. The Balaban J connectivity index is 1.77. The molecule has 1 N–H and O–H groups in total. The highest BCUT2D eigenvalue weighted by molar-refractivity contribution is 5.84. The van der Waals surface area contributed by atoms with Gasteiger partial charge in [-0.25, -0.2) is 0 Å². The molecule has 0 saturated heterocycles. The average molecular weight is 359 g/mol. The van der Waals surface area contributed by atoms with Crippen LogP contribution in [0.5, 0.6) is 0 Å². The van der Waals surface area contributed by atoms with Crippen molar-refractivity contribution in [2.24, 2.45) is 0 Å². The predicted molar refractivity (Wildman–Crippen MR) is 96.4 cm³/mol. The van der Waals surface area contributed by atoms with Gasteiger partial charge in [0.25, 0.3) is 11.5 Å². The van der Waals surface area contributed by atoms with Crippen molar-refractivity contribution >= 4 is 5.91 Å². The van der Waals surface area contributed by atoms with E-state index >= 15 is 0 Å². The molecule has 2 aromatic heterocycles. The number of nitrogens with zero attached hydrogens (tertiary/aromatic N) is 5. The monoisotopic (exact) mass is 359 g/mol. The first-order valence-electron chi connectivity index (χ1n) is 8.63. The molecule has 0 saturated carbocycles. The Morgan fingerprint density at radius 3 is 2.81 bits per heavy atom. The van der Waals surface area contributed by atoms with Crippen molar-refractivity contribution in [1.82, 2.24) is 24.1 Å². The Hall–Kier alpha value is -2.45. The fraction of sp³-hybridized carbons (Fsp3) is 0.500. The van der Waals surface area contributed by atoms with Gasteiger partial charge < -0.3 is 19.5 Å². The van der Waals surface area contributed by atoms with Gasteiger partial charge in [0.2, 0.25) is 0 Å². The van der Waals surface area contributed by atoms with Crippen LogP contribution >= 0.6 is 0 Å². The summed E-state index contributed by atoms with van der Waals surface area (Å²) in [6.45, 7) is 3.60. The van der Waals surface area contributed by atoms with Crippen LogP contribution in [0.2, 0.25) is 0 Å². The number of carbonyl (C=O) groups is 1. The van der Waals surface area contributed by atoms with E-state index in [-0.39, 0.29) is 18.0 Å². The van der Waals surface area contributed by atoms with Crippen LogP contribution in [0.3, 0.4) is 0 Å². The zero-order chi connectivity index (χ0) is 18.9. The third kappa shape index (κ3) is 3.71. The number of amides is 1. The first-order valence-corrected chi connectivity index (χ1v) is 8.63. The fourth-order valence-corrected chi connectivity index (χ4v) is 3.28. The number of pyridine rings is 1. The first kappa shape index (κ1) is 18.3. The van der Waals surface area contributed by atoms with Crippen molar-refractivity contribution in [3.8, 4) is 0 Å². The lowest BCUT2D eigenvalue weighted by molar-refractivity contribution is -0.152. The Morgan fingerprint density at radius 1 is 1.35 bits per heavy atom. The third-order valence-electron chi connectivity index (χ3n) is 4.57. The molecule has 0 aromatic carbocycles. The minimum absolute atomic E-state index is 0.0776. The summed E-state index contributed by atoms with van der Waals surface area (Å²) in [5, 5.41) is 15.1. The molecule has 1 aliphatic rings. The van der Waals surface area contributed by atoms with Gasteiger partial charge >= 0.3 is 0 Å². The molecule has 8 heteroatoms. The second kappa shape index (κ2) is 7.05. The Kier molecular flexibility index (Phi) is 4.97. The number of aromatic nitrogens is 3. The van der Waals surface area contributed by atoms with Gasteiger partial charge in [0.05, 0.1) is 31.5 Å². The zero-order valence-corrected chi connectivity index (χ0v) is 15.4. The summed E-state index contributed by atoms with van der Waals surface area (Å²) in [7, 11) is 3.97. The van der Waals surface area contributed by atoms with Crippen molar-refractivity contribution in [2.45, 2.75) is 38.7 Å². The molecule has 8 nitrogen and oxygen atoms in total. The van der Waals surface area contributed by atoms with Crippen LogP contribution in [0, 0.1) is 0 Å². The van der Waals surface area contributed by atoms with E-state index in [4.69, 9.17) is 0 Å². The second-order valence-corrected chi connectivity index (χ2v) is 7.24. The zero-order valence-electron chi connectivity index (χ0n) is 15.4. The average Bonchev–Trinajstić information content (AvgIpc) is 2.97. The number of aliphatic hydroxyl groups is 1. The van der Waals surface area contributed by atoms with Crippen molar-refractivity contribution in [1.29, 1.82) is 0 Å². The van der Waals surface area contributed by atoms with Crippen molar-refractivity contribution < 1.29 is 9.90 Å². The van der Waals surface area contributed by atoms with Gasteiger partial charge in [-0.2, -0.15) is 5.10 Å². The molecule has 0 bridgehead atoms. The van der Waals surface area contributed by atoms with Crippen LogP contribution in [0.1, 0.15) is 18.2 Å². The van der Waals surface area contributed by atoms with Gasteiger partial charge in [0, 0.05) is 30.9 Å². The molecule has 2 aromatic rings. The molecule has 1 unspecified atom stereocenters. The third-order valence-corrected chi connectivity index (χ3v) is 4.57. The predicted octanol–water partition coefficient (Wildman–Crippen LogP) is -0.100. The van der Waals surface area contributed by atoms with Gasteiger partial charge in [0.1, 0.15) is 0 Å². The van der Waals surface area contributed by atoms with Crippen LogP contribution in [0.25, 0.3) is 0 Å². The number of fused-ring (bicyclic) bond motifs is 1.